The largest absolute Gasteiger partial charge is 0.465 e. The zero-order valence-corrected chi connectivity index (χ0v) is 22.8. The minimum Gasteiger partial charge on any atom is -0.465 e. The third-order valence-electron chi connectivity index (χ3n) is 6.95. The molecule has 0 heterocycles. The van der Waals surface area contributed by atoms with Gasteiger partial charge in [0.1, 0.15) is 0 Å². The van der Waals surface area contributed by atoms with E-state index in [1.807, 2.05) is 6.92 Å². The van der Waals surface area contributed by atoms with Crippen LogP contribution in [0.1, 0.15) is 144 Å². The number of hydrogen-bond donors (Lipinski definition) is 0. The van der Waals surface area contributed by atoms with Gasteiger partial charge in [-0.05, 0) is 37.5 Å². The molecule has 0 aromatic carbocycles. The predicted molar refractivity (Wildman–Crippen MR) is 139 cm³/mol. The maximum absolute atomic E-state index is 12.2. The van der Waals surface area contributed by atoms with Gasteiger partial charge in [-0.2, -0.15) is 0 Å². The van der Waals surface area contributed by atoms with Gasteiger partial charge in [0.15, 0.2) is 0 Å². The molecule has 0 aliphatic rings. The van der Waals surface area contributed by atoms with E-state index in [1.165, 1.54) is 57.8 Å². The SMILES string of the molecule is CCCCC(CC)COC(=O)CCCCCCCCCC(C)C(=O)OCC(CC)CCCC. The van der Waals surface area contributed by atoms with Crippen LogP contribution in [0, 0.1) is 17.8 Å². The van der Waals surface area contributed by atoms with Crippen LogP contribution in [0.2, 0.25) is 0 Å². The molecule has 0 bridgehead atoms. The highest BCUT2D eigenvalue weighted by Gasteiger charge is 2.16. The van der Waals surface area contributed by atoms with Crippen molar-refractivity contribution in [3.63, 3.8) is 0 Å². The Kier molecular flexibility index (Phi) is 22.0. The van der Waals surface area contributed by atoms with Crippen molar-refractivity contribution in [1.29, 1.82) is 0 Å². The lowest BCUT2D eigenvalue weighted by molar-refractivity contribution is -0.149. The van der Waals surface area contributed by atoms with E-state index in [4.69, 9.17) is 9.47 Å². The molecule has 33 heavy (non-hydrogen) atoms. The van der Waals surface area contributed by atoms with Gasteiger partial charge in [-0.15, -0.1) is 0 Å². The topological polar surface area (TPSA) is 52.6 Å². The Balaban J connectivity index is 3.63. The molecule has 0 saturated carbocycles. The molecule has 4 nitrogen and oxygen atoms in total. The molecular weight excluding hydrogens is 412 g/mol. The highest BCUT2D eigenvalue weighted by molar-refractivity contribution is 5.71. The number of rotatable bonds is 23. The second kappa shape index (κ2) is 22.7. The third kappa shape index (κ3) is 19.0. The molecule has 0 fully saturated rings. The van der Waals surface area contributed by atoms with Gasteiger partial charge in [0.05, 0.1) is 19.1 Å². The second-order valence-electron chi connectivity index (χ2n) is 10.1. The third-order valence-corrected chi connectivity index (χ3v) is 6.95. The number of hydrogen-bond acceptors (Lipinski definition) is 4. The van der Waals surface area contributed by atoms with Gasteiger partial charge < -0.3 is 9.47 Å². The van der Waals surface area contributed by atoms with Gasteiger partial charge in [0, 0.05) is 6.42 Å². The molecule has 0 spiro atoms. The number of esters is 2. The molecule has 0 aliphatic carbocycles. The molecular formula is C29H56O4. The van der Waals surface area contributed by atoms with Crippen LogP contribution in [0.15, 0.2) is 0 Å². The van der Waals surface area contributed by atoms with E-state index < -0.39 is 0 Å². The summed E-state index contributed by atoms with van der Waals surface area (Å²) >= 11 is 0. The van der Waals surface area contributed by atoms with Crippen molar-refractivity contribution in [3.8, 4) is 0 Å². The molecule has 0 N–H and O–H groups in total. The van der Waals surface area contributed by atoms with E-state index >= 15 is 0 Å². The van der Waals surface area contributed by atoms with Crippen LogP contribution >= 0.6 is 0 Å². The molecule has 0 rings (SSSR count). The minimum absolute atomic E-state index is 0.00831. The van der Waals surface area contributed by atoms with Gasteiger partial charge in [0.2, 0.25) is 0 Å². The summed E-state index contributed by atoms with van der Waals surface area (Å²) in [5.74, 6) is 1.00. The quantitative estimate of drug-likeness (QED) is 0.111. The molecule has 0 aliphatic heterocycles. The number of carbonyl (C=O) groups excluding carboxylic acids is 2. The maximum Gasteiger partial charge on any atom is 0.308 e. The Bertz CT molecular complexity index is 463. The lowest BCUT2D eigenvalue weighted by Gasteiger charge is -2.17. The van der Waals surface area contributed by atoms with Crippen LogP contribution in [-0.2, 0) is 19.1 Å². The average molecular weight is 469 g/mol. The van der Waals surface area contributed by atoms with Gasteiger partial charge >= 0.3 is 11.9 Å². The molecule has 196 valence electrons. The minimum atomic E-state index is -0.0264. The molecule has 0 amide bonds. The highest BCUT2D eigenvalue weighted by atomic mass is 16.5. The molecule has 4 heteroatoms. The first kappa shape index (κ1) is 31.9. The van der Waals surface area contributed by atoms with Crippen molar-refractivity contribution >= 4 is 11.9 Å². The zero-order chi connectivity index (χ0) is 24.7. The summed E-state index contributed by atoms with van der Waals surface area (Å²) in [4.78, 5) is 24.1. The monoisotopic (exact) mass is 468 g/mol. The first-order valence-electron chi connectivity index (χ1n) is 14.3. The molecule has 0 saturated heterocycles. The first-order chi connectivity index (χ1) is 16.0. The van der Waals surface area contributed by atoms with E-state index in [2.05, 4.69) is 27.7 Å². The van der Waals surface area contributed by atoms with E-state index in [0.29, 0.717) is 31.5 Å². The molecule has 0 aromatic heterocycles. The summed E-state index contributed by atoms with van der Waals surface area (Å²) in [7, 11) is 0. The Labute approximate surface area is 206 Å². The molecule has 3 atom stereocenters. The van der Waals surface area contributed by atoms with Crippen molar-refractivity contribution < 1.29 is 19.1 Å². The lowest BCUT2D eigenvalue weighted by Crippen LogP contribution is -2.19. The summed E-state index contributed by atoms with van der Waals surface area (Å²) in [5.41, 5.74) is 0. The zero-order valence-electron chi connectivity index (χ0n) is 22.8. The Morgan fingerprint density at radius 3 is 1.61 bits per heavy atom. The average Bonchev–Trinajstić information content (AvgIpc) is 2.82. The smallest absolute Gasteiger partial charge is 0.308 e. The molecule has 0 aromatic rings. The van der Waals surface area contributed by atoms with Gasteiger partial charge in [-0.1, -0.05) is 112 Å². The standard InChI is InChI=1S/C29H56O4/c1-6-10-20-26(8-3)23-32-28(30)22-18-16-14-12-13-15-17-19-25(5)29(31)33-24-27(9-4)21-11-7-2/h25-27H,6-24H2,1-5H3. The van der Waals surface area contributed by atoms with Crippen LogP contribution in [0.4, 0.5) is 0 Å². The summed E-state index contributed by atoms with van der Waals surface area (Å²) < 4.78 is 11.0. The fourth-order valence-corrected chi connectivity index (χ4v) is 4.14. The van der Waals surface area contributed by atoms with Gasteiger partial charge in [-0.3, -0.25) is 9.59 Å². The Morgan fingerprint density at radius 2 is 1.09 bits per heavy atom. The summed E-state index contributed by atoms with van der Waals surface area (Å²) in [5, 5.41) is 0. The van der Waals surface area contributed by atoms with E-state index in [9.17, 15) is 9.59 Å². The van der Waals surface area contributed by atoms with Crippen LogP contribution in [-0.4, -0.2) is 25.2 Å². The van der Waals surface area contributed by atoms with Crippen LogP contribution in [0.3, 0.4) is 0 Å². The van der Waals surface area contributed by atoms with E-state index in [0.717, 1.165) is 44.9 Å². The number of ether oxygens (including phenoxy) is 2. The van der Waals surface area contributed by atoms with E-state index in [1.54, 1.807) is 0 Å². The van der Waals surface area contributed by atoms with Crippen LogP contribution in [0.25, 0.3) is 0 Å². The summed E-state index contributed by atoms with van der Waals surface area (Å²) in [6, 6.07) is 0. The fraction of sp³-hybridized carbons (Fsp3) is 0.931. The van der Waals surface area contributed by atoms with Gasteiger partial charge in [0.25, 0.3) is 0 Å². The molecule has 0 radical (unpaired) electrons. The molecule has 3 unspecified atom stereocenters. The Morgan fingerprint density at radius 1 is 0.606 bits per heavy atom. The van der Waals surface area contributed by atoms with Crippen LogP contribution < -0.4 is 0 Å². The van der Waals surface area contributed by atoms with Crippen LogP contribution in [0.5, 0.6) is 0 Å². The summed E-state index contributed by atoms with van der Waals surface area (Å²) in [6.07, 6.45) is 18.7. The lowest BCUT2D eigenvalue weighted by atomic mass is 10.00. The summed E-state index contributed by atoms with van der Waals surface area (Å²) in [6.45, 7) is 12.0. The van der Waals surface area contributed by atoms with E-state index in [-0.39, 0.29) is 17.9 Å². The normalized spacial score (nSPS) is 14.0. The Hall–Kier alpha value is -1.06. The number of carbonyl (C=O) groups is 2. The fourth-order valence-electron chi connectivity index (χ4n) is 4.14. The predicted octanol–water partition coefficient (Wildman–Crippen LogP) is 8.65. The maximum atomic E-state index is 12.2. The second-order valence-corrected chi connectivity index (χ2v) is 10.1. The van der Waals surface area contributed by atoms with Crippen molar-refractivity contribution in [1.82, 2.24) is 0 Å². The van der Waals surface area contributed by atoms with Crippen molar-refractivity contribution in [2.75, 3.05) is 13.2 Å². The van der Waals surface area contributed by atoms with Crippen molar-refractivity contribution in [2.24, 2.45) is 17.8 Å². The van der Waals surface area contributed by atoms with Crippen molar-refractivity contribution in [2.45, 2.75) is 144 Å². The van der Waals surface area contributed by atoms with Gasteiger partial charge in [-0.25, -0.2) is 0 Å². The first-order valence-corrected chi connectivity index (χ1v) is 14.3. The highest BCUT2D eigenvalue weighted by Crippen LogP contribution is 2.17. The van der Waals surface area contributed by atoms with Crippen molar-refractivity contribution in [3.05, 3.63) is 0 Å². The number of unbranched alkanes of at least 4 members (excludes halogenated alkanes) is 8.